The number of rotatable bonds is 29. The minimum Gasteiger partial charge on any atom is -0.481 e. The minimum absolute atomic E-state index is 0.479. The smallest absolute Gasteiger partial charge is 0.309 e. The molecule has 0 bridgehead atoms. The van der Waals surface area contributed by atoms with Crippen LogP contribution in [0.25, 0.3) is 0 Å². The summed E-state index contributed by atoms with van der Waals surface area (Å²) in [5.74, 6) is 1.04. The molecule has 0 aliphatic rings. The van der Waals surface area contributed by atoms with Gasteiger partial charge in [-0.3, -0.25) is 4.79 Å². The van der Waals surface area contributed by atoms with Gasteiger partial charge in [0, 0.05) is 0 Å². The first-order valence-electron chi connectivity index (χ1n) is 17.2. The van der Waals surface area contributed by atoms with E-state index in [9.17, 15) is 9.90 Å². The van der Waals surface area contributed by atoms with E-state index in [2.05, 4.69) is 46.8 Å². The van der Waals surface area contributed by atoms with E-state index in [1.54, 1.807) is 0 Å². The van der Waals surface area contributed by atoms with Gasteiger partial charge in [0.25, 0.3) is 0 Å². The van der Waals surface area contributed by atoms with Crippen molar-refractivity contribution in [3.05, 3.63) is 12.2 Å². The van der Waals surface area contributed by atoms with Gasteiger partial charge in [-0.25, -0.2) is 0 Å². The van der Waals surface area contributed by atoms with Crippen LogP contribution in [0.2, 0.25) is 0 Å². The standard InChI is InChI=1S/C36H70O2/c1-6-7-8-9-10-11-12-13-14-15-16-17-20-25-30-36(35(37)38,31-26-21-18-23-28-33(2)3)32-27-22-19-24-29-34(4)5/h13-14,33-34H,6-12,15-32H2,1-5H3,(H,37,38)/b14-13-. The van der Waals surface area contributed by atoms with E-state index in [1.165, 1.54) is 122 Å². The molecule has 2 heteroatoms. The Kier molecular flexibility index (Phi) is 25.9. The van der Waals surface area contributed by atoms with E-state index < -0.39 is 11.4 Å². The number of carboxylic acid groups (broad SMARTS) is 1. The summed E-state index contributed by atoms with van der Waals surface area (Å²) < 4.78 is 0. The lowest BCUT2D eigenvalue weighted by Crippen LogP contribution is -2.31. The molecule has 0 aromatic carbocycles. The molecule has 0 unspecified atom stereocenters. The second-order valence-corrected chi connectivity index (χ2v) is 13.3. The molecule has 0 aromatic rings. The van der Waals surface area contributed by atoms with Crippen molar-refractivity contribution >= 4 is 5.97 Å². The number of hydrogen-bond acceptors (Lipinski definition) is 1. The second kappa shape index (κ2) is 26.4. The van der Waals surface area contributed by atoms with Gasteiger partial charge in [-0.2, -0.15) is 0 Å². The van der Waals surface area contributed by atoms with Crippen LogP contribution in [0.3, 0.4) is 0 Å². The predicted molar refractivity (Wildman–Crippen MR) is 170 cm³/mol. The van der Waals surface area contributed by atoms with Gasteiger partial charge < -0.3 is 5.11 Å². The first-order chi connectivity index (χ1) is 18.3. The maximum atomic E-state index is 12.6. The second-order valence-electron chi connectivity index (χ2n) is 13.3. The molecule has 0 atom stereocenters. The Morgan fingerprint density at radius 1 is 0.553 bits per heavy atom. The fourth-order valence-electron chi connectivity index (χ4n) is 5.79. The zero-order chi connectivity index (χ0) is 28.3. The fourth-order valence-corrected chi connectivity index (χ4v) is 5.79. The molecule has 2 nitrogen and oxygen atoms in total. The average Bonchev–Trinajstić information content (AvgIpc) is 2.87. The molecule has 38 heavy (non-hydrogen) atoms. The van der Waals surface area contributed by atoms with Crippen molar-refractivity contribution < 1.29 is 9.90 Å². The van der Waals surface area contributed by atoms with Crippen LogP contribution in [-0.2, 0) is 4.79 Å². The summed E-state index contributed by atoms with van der Waals surface area (Å²) in [6.45, 7) is 11.5. The Morgan fingerprint density at radius 2 is 0.895 bits per heavy atom. The average molecular weight is 535 g/mol. The molecule has 0 fully saturated rings. The molecule has 0 aliphatic carbocycles. The molecule has 0 amide bonds. The quantitative estimate of drug-likeness (QED) is 0.0765. The molecule has 0 saturated heterocycles. The van der Waals surface area contributed by atoms with Crippen molar-refractivity contribution in [1.29, 1.82) is 0 Å². The van der Waals surface area contributed by atoms with Gasteiger partial charge in [-0.1, -0.05) is 162 Å². The molecular weight excluding hydrogens is 464 g/mol. The number of allylic oxidation sites excluding steroid dienone is 2. The molecular formula is C36H70O2. The Bertz CT molecular complexity index is 513. The molecule has 0 radical (unpaired) electrons. The third-order valence-electron chi connectivity index (χ3n) is 8.49. The summed E-state index contributed by atoms with van der Waals surface area (Å²) in [5.41, 5.74) is -0.479. The van der Waals surface area contributed by atoms with Crippen LogP contribution in [0.15, 0.2) is 12.2 Å². The summed E-state index contributed by atoms with van der Waals surface area (Å²) in [6, 6.07) is 0. The normalized spacial score (nSPS) is 12.4. The van der Waals surface area contributed by atoms with Gasteiger partial charge in [0.05, 0.1) is 5.41 Å². The van der Waals surface area contributed by atoms with Crippen LogP contribution < -0.4 is 0 Å². The number of carbonyl (C=O) groups is 1. The van der Waals surface area contributed by atoms with Gasteiger partial charge in [0.15, 0.2) is 0 Å². The molecule has 0 heterocycles. The van der Waals surface area contributed by atoms with Gasteiger partial charge >= 0.3 is 5.97 Å². The summed E-state index contributed by atoms with van der Waals surface area (Å²) in [6.07, 6.45) is 35.1. The van der Waals surface area contributed by atoms with Crippen molar-refractivity contribution in [3.8, 4) is 0 Å². The highest BCUT2D eigenvalue weighted by atomic mass is 16.4. The largest absolute Gasteiger partial charge is 0.481 e. The topological polar surface area (TPSA) is 37.3 Å². The molecule has 0 saturated carbocycles. The van der Waals surface area contributed by atoms with E-state index in [0.717, 1.165) is 50.4 Å². The molecule has 1 N–H and O–H groups in total. The third-order valence-corrected chi connectivity index (χ3v) is 8.49. The lowest BCUT2D eigenvalue weighted by Gasteiger charge is -2.30. The number of unbranched alkanes of at least 4 members (excludes halogenated alkanes) is 16. The zero-order valence-corrected chi connectivity index (χ0v) is 26.8. The predicted octanol–water partition coefficient (Wildman–Crippen LogP) is 12.7. The van der Waals surface area contributed by atoms with E-state index in [-0.39, 0.29) is 0 Å². The molecule has 226 valence electrons. The molecule has 0 aliphatic heterocycles. The number of aliphatic carboxylic acids is 1. The van der Waals surface area contributed by atoms with E-state index in [4.69, 9.17) is 0 Å². The maximum absolute atomic E-state index is 12.6. The lowest BCUT2D eigenvalue weighted by atomic mass is 9.74. The van der Waals surface area contributed by atoms with Crippen LogP contribution >= 0.6 is 0 Å². The Balaban J connectivity index is 4.37. The zero-order valence-electron chi connectivity index (χ0n) is 26.8. The lowest BCUT2D eigenvalue weighted by molar-refractivity contribution is -0.150. The van der Waals surface area contributed by atoms with Crippen molar-refractivity contribution in [3.63, 3.8) is 0 Å². The Morgan fingerprint density at radius 3 is 1.26 bits per heavy atom. The summed E-state index contributed by atoms with van der Waals surface area (Å²) in [5, 5.41) is 10.4. The van der Waals surface area contributed by atoms with Crippen molar-refractivity contribution in [2.75, 3.05) is 0 Å². The van der Waals surface area contributed by atoms with Gasteiger partial charge in [0.1, 0.15) is 0 Å². The van der Waals surface area contributed by atoms with E-state index >= 15 is 0 Å². The van der Waals surface area contributed by atoms with Crippen LogP contribution in [0.4, 0.5) is 0 Å². The van der Waals surface area contributed by atoms with Crippen LogP contribution in [0.1, 0.15) is 195 Å². The monoisotopic (exact) mass is 535 g/mol. The summed E-state index contributed by atoms with van der Waals surface area (Å²) in [7, 11) is 0. The Labute approximate surface area is 240 Å². The fraction of sp³-hybridized carbons (Fsp3) is 0.917. The maximum Gasteiger partial charge on any atom is 0.309 e. The van der Waals surface area contributed by atoms with Gasteiger partial charge in [-0.05, 0) is 56.8 Å². The SMILES string of the molecule is CCCCCCCC/C=C\CCCCCCC(CCCCCCC(C)C)(CCCCCCC(C)C)C(=O)O. The highest BCUT2D eigenvalue weighted by molar-refractivity contribution is 5.74. The summed E-state index contributed by atoms with van der Waals surface area (Å²) >= 11 is 0. The highest BCUT2D eigenvalue weighted by Gasteiger charge is 2.36. The van der Waals surface area contributed by atoms with Gasteiger partial charge in [0.2, 0.25) is 0 Å². The van der Waals surface area contributed by atoms with Gasteiger partial charge in [-0.15, -0.1) is 0 Å². The van der Waals surface area contributed by atoms with E-state index in [1.807, 2.05) is 0 Å². The molecule has 0 rings (SSSR count). The minimum atomic E-state index is -0.514. The van der Waals surface area contributed by atoms with Crippen molar-refractivity contribution in [2.45, 2.75) is 195 Å². The van der Waals surface area contributed by atoms with E-state index in [0.29, 0.717) is 0 Å². The third kappa shape index (κ3) is 23.1. The van der Waals surface area contributed by atoms with Crippen LogP contribution in [0.5, 0.6) is 0 Å². The van der Waals surface area contributed by atoms with Crippen molar-refractivity contribution in [1.82, 2.24) is 0 Å². The first kappa shape index (κ1) is 37.2. The Hall–Kier alpha value is -0.790. The first-order valence-corrected chi connectivity index (χ1v) is 17.2. The molecule has 0 spiro atoms. The number of hydrogen-bond donors (Lipinski definition) is 1. The van der Waals surface area contributed by atoms with Crippen LogP contribution in [0, 0.1) is 17.3 Å². The van der Waals surface area contributed by atoms with Crippen LogP contribution in [-0.4, -0.2) is 11.1 Å². The summed E-state index contributed by atoms with van der Waals surface area (Å²) in [4.78, 5) is 12.6. The number of carboxylic acids is 1. The molecule has 0 aromatic heterocycles. The highest BCUT2D eigenvalue weighted by Crippen LogP contribution is 2.38. The van der Waals surface area contributed by atoms with Crippen molar-refractivity contribution in [2.24, 2.45) is 17.3 Å².